The van der Waals surface area contributed by atoms with Crippen LogP contribution in [-0.2, 0) is 17.7 Å². The van der Waals surface area contributed by atoms with Crippen molar-refractivity contribution < 1.29 is 51.1 Å². The molecule has 0 saturated carbocycles. The Labute approximate surface area is 225 Å². The maximum absolute atomic E-state index is 13.1. The third-order valence-electron chi connectivity index (χ3n) is 5.14. The Morgan fingerprint density at radius 1 is 1.30 bits per heavy atom. The van der Waals surface area contributed by atoms with Crippen LogP contribution in [0.2, 0.25) is 0 Å². The Hall–Kier alpha value is -3.23. The molecule has 2 aliphatic heterocycles. The van der Waals surface area contributed by atoms with E-state index in [0.717, 1.165) is 10.5 Å². The topological polar surface area (TPSA) is 105 Å². The van der Waals surface area contributed by atoms with E-state index in [4.69, 9.17) is 4.74 Å². The molecule has 194 valence electrons. The number of benzene rings is 1. The van der Waals surface area contributed by atoms with Crippen LogP contribution in [0.15, 0.2) is 46.3 Å². The molecule has 0 saturated heterocycles. The molecule has 2 N–H and O–H groups in total. The summed E-state index contributed by atoms with van der Waals surface area (Å²) in [4.78, 5) is 26.3. The number of halogens is 3. The predicted molar refractivity (Wildman–Crippen MR) is 126 cm³/mol. The van der Waals surface area contributed by atoms with Crippen molar-refractivity contribution in [2.24, 2.45) is 10.2 Å². The summed E-state index contributed by atoms with van der Waals surface area (Å²) in [5.41, 5.74) is 2.14. The summed E-state index contributed by atoms with van der Waals surface area (Å²) in [6.07, 6.45) is 5.88. The first-order chi connectivity index (χ1) is 17.2. The van der Waals surface area contributed by atoms with Gasteiger partial charge in [0.05, 0.1) is 12.7 Å². The summed E-state index contributed by atoms with van der Waals surface area (Å²) < 4.78 is 46.9. The number of dihydropyridines is 1. The van der Waals surface area contributed by atoms with Crippen molar-refractivity contribution in [3.05, 3.63) is 59.7 Å². The first kappa shape index (κ1) is 30.0. The van der Waals surface area contributed by atoms with Crippen LogP contribution in [-0.4, -0.2) is 61.9 Å². The van der Waals surface area contributed by atoms with Crippen molar-refractivity contribution in [3.63, 3.8) is 0 Å². The van der Waals surface area contributed by atoms with Crippen LogP contribution in [0.4, 0.5) is 18.0 Å². The Kier molecular flexibility index (Phi) is 11.3. The van der Waals surface area contributed by atoms with Crippen LogP contribution in [0.5, 0.6) is 5.75 Å². The molecule has 2 aliphatic rings. The number of rotatable bonds is 8. The van der Waals surface area contributed by atoms with E-state index in [-0.39, 0.29) is 37.5 Å². The second kappa shape index (κ2) is 13.9. The van der Waals surface area contributed by atoms with E-state index in [9.17, 15) is 22.8 Å². The van der Waals surface area contributed by atoms with Gasteiger partial charge in [0.15, 0.2) is 6.61 Å². The minimum absolute atomic E-state index is 0. The van der Waals surface area contributed by atoms with E-state index in [0.29, 0.717) is 36.3 Å². The number of unbranched alkanes of at least 4 members (excludes halogenated alkanes) is 1. The second-order valence-corrected chi connectivity index (χ2v) is 7.80. The number of hydrogen-bond donors (Lipinski definition) is 2. The molecule has 37 heavy (non-hydrogen) atoms. The van der Waals surface area contributed by atoms with Crippen LogP contribution in [0.1, 0.15) is 34.3 Å². The molecule has 0 aliphatic carbocycles. The fraction of sp³-hybridized carbons (Fsp3) is 0.375. The molecule has 0 bridgehead atoms. The predicted octanol–water partition coefficient (Wildman–Crippen LogP) is 0.280. The Balaban J connectivity index is 0.00000481. The number of hydrogen-bond acceptors (Lipinski definition) is 7. The van der Waals surface area contributed by atoms with E-state index < -0.39 is 30.9 Å². The molecule has 1 unspecified atom stereocenters. The van der Waals surface area contributed by atoms with Crippen molar-refractivity contribution in [3.8, 4) is 5.75 Å². The van der Waals surface area contributed by atoms with Crippen molar-refractivity contribution in [1.29, 1.82) is 0 Å². The van der Waals surface area contributed by atoms with Gasteiger partial charge in [0, 0.05) is 13.1 Å². The first-order valence-corrected chi connectivity index (χ1v) is 11.0. The van der Waals surface area contributed by atoms with Crippen LogP contribution in [0, 0.1) is 6.92 Å². The number of carbonyl (C=O) groups excluding carboxylic acids is 2. The second-order valence-electron chi connectivity index (χ2n) is 7.80. The van der Waals surface area contributed by atoms with Crippen molar-refractivity contribution in [2.45, 2.75) is 38.1 Å². The Morgan fingerprint density at radius 2 is 2.08 bits per heavy atom. The molecular weight excluding hydrogens is 486 g/mol. The number of methoxy groups -OCH3 is 1. The quantitative estimate of drug-likeness (QED) is 0.226. The number of allylic oxidation sites excluding steroid dienone is 3. The van der Waals surface area contributed by atoms with Gasteiger partial charge < -0.3 is 48.3 Å². The van der Waals surface area contributed by atoms with Gasteiger partial charge in [0.1, 0.15) is 11.9 Å². The summed E-state index contributed by atoms with van der Waals surface area (Å²) in [6.45, 7) is 2.19. The first-order valence-electron chi connectivity index (χ1n) is 11.0. The van der Waals surface area contributed by atoms with Crippen LogP contribution in [0.3, 0.4) is 0 Å². The minimum atomic E-state index is -4.61. The molecule has 1 aromatic rings. The normalized spacial score (nSPS) is 17.1. The van der Waals surface area contributed by atoms with E-state index >= 15 is 0 Å². The fourth-order valence-electron chi connectivity index (χ4n) is 3.47. The number of ether oxygens (including phenoxy) is 2. The molecule has 1 atom stereocenters. The minimum Gasteiger partial charge on any atom is -0.496 e. The largest absolute Gasteiger partial charge is 1.00 e. The average molecular weight is 511 g/mol. The molecule has 2 amide bonds. The number of amides is 2. The SMILES string of the molecule is [CH2-]CC[C-]=NN=[C-]C1=CC=CC(NC(=O)c2cc3c(cc2OC)CCN(C(=O)OCC(F)(F)F)C3)N1.[Li+]. The monoisotopic (exact) mass is 511 g/mol. The van der Waals surface area contributed by atoms with Gasteiger partial charge in [-0.05, 0) is 29.7 Å². The summed E-state index contributed by atoms with van der Waals surface area (Å²) >= 11 is 0. The number of nitrogens with zero attached hydrogens (tertiary/aromatic N) is 3. The zero-order chi connectivity index (χ0) is 26.1. The number of carbonyl (C=O) groups is 2. The number of nitrogens with one attached hydrogen (secondary N) is 2. The van der Waals surface area contributed by atoms with Crippen molar-refractivity contribution in [2.75, 3.05) is 20.3 Å². The smallest absolute Gasteiger partial charge is 0.496 e. The Morgan fingerprint density at radius 3 is 2.78 bits per heavy atom. The zero-order valence-corrected chi connectivity index (χ0v) is 20.5. The molecule has 1 aromatic carbocycles. The van der Waals surface area contributed by atoms with E-state index in [1.165, 1.54) is 7.11 Å². The van der Waals surface area contributed by atoms with Crippen LogP contribution in [0.25, 0.3) is 0 Å². The molecule has 3 rings (SSSR count). The summed E-state index contributed by atoms with van der Waals surface area (Å²) in [5.74, 6) is -0.133. The molecule has 2 heterocycles. The van der Waals surface area contributed by atoms with E-state index in [2.05, 4.69) is 44.9 Å². The zero-order valence-electron chi connectivity index (χ0n) is 20.5. The fourth-order valence-corrected chi connectivity index (χ4v) is 3.47. The molecule has 0 aromatic heterocycles. The van der Waals surface area contributed by atoms with E-state index in [1.54, 1.807) is 30.4 Å². The van der Waals surface area contributed by atoms with Gasteiger partial charge in [-0.1, -0.05) is 6.08 Å². The third-order valence-corrected chi connectivity index (χ3v) is 5.14. The van der Waals surface area contributed by atoms with E-state index in [1.807, 2.05) is 0 Å². The summed E-state index contributed by atoms with van der Waals surface area (Å²) in [5, 5.41) is 13.3. The third kappa shape index (κ3) is 8.98. The standard InChI is InChI=1S/C24H25F3N5O4.Li/c1-3-4-9-28-29-13-18-6-5-7-21(30-18)31-22(33)19-11-17-14-32(23(34)36-15-24(25,26)27)10-8-16(17)12-20(19)35-2;/h5-7,11-12,21,30H,1,3-4,8,10,14-15H2,2H3,(H,31,33);/q-3;+1. The maximum atomic E-state index is 13.1. The van der Waals surface area contributed by atoms with Crippen LogP contribution < -0.4 is 34.2 Å². The maximum Gasteiger partial charge on any atom is 1.00 e. The average Bonchev–Trinajstić information content (AvgIpc) is 2.85. The molecule has 0 spiro atoms. The van der Waals surface area contributed by atoms with Gasteiger partial charge in [-0.2, -0.15) is 25.7 Å². The van der Waals surface area contributed by atoms with Crippen molar-refractivity contribution >= 4 is 24.4 Å². The summed E-state index contributed by atoms with van der Waals surface area (Å²) in [7, 11) is 1.43. The van der Waals surface area contributed by atoms with Gasteiger partial charge in [-0.25, -0.2) is 11.2 Å². The molecule has 0 radical (unpaired) electrons. The van der Waals surface area contributed by atoms with Crippen LogP contribution >= 0.6 is 0 Å². The van der Waals surface area contributed by atoms with Gasteiger partial charge in [0.25, 0.3) is 5.91 Å². The van der Waals surface area contributed by atoms with Gasteiger partial charge in [-0.15, -0.1) is 18.0 Å². The van der Waals surface area contributed by atoms with Gasteiger partial charge in [0.2, 0.25) is 0 Å². The van der Waals surface area contributed by atoms with Gasteiger partial charge >= 0.3 is 31.1 Å². The molecule has 9 nitrogen and oxygen atoms in total. The Bertz CT molecular complexity index is 1090. The molecule has 13 heteroatoms. The van der Waals surface area contributed by atoms with Gasteiger partial charge in [-0.3, -0.25) is 4.79 Å². The molecule has 0 fully saturated rings. The van der Waals surface area contributed by atoms with Crippen molar-refractivity contribution in [1.82, 2.24) is 15.5 Å². The molecular formula is C24H25F3LiN5O4-2. The summed E-state index contributed by atoms with van der Waals surface area (Å²) in [6, 6.07) is 3.26. The number of alkyl halides is 3. The number of fused-ring (bicyclic) bond motifs is 1.